The summed E-state index contributed by atoms with van der Waals surface area (Å²) in [5.74, 6) is 0. The third-order valence-electron chi connectivity index (χ3n) is 0. The topological polar surface area (TPSA) is 0 Å². The minimum atomic E-state index is 0. The van der Waals surface area contributed by atoms with Crippen molar-refractivity contribution in [1.82, 2.24) is 0 Å². The zero-order chi connectivity index (χ0) is 0. The summed E-state index contributed by atoms with van der Waals surface area (Å²) in [6.07, 6.45) is 0. The van der Waals surface area contributed by atoms with Crippen LogP contribution in [-0.4, -0.2) is 0 Å². The predicted octanol–water partition coefficient (Wildman–Crippen LogP) is -0.0125. The Bertz CT molecular complexity index is 11.6. The normalized spacial score (nSPS) is 0. The van der Waals surface area contributed by atoms with Gasteiger partial charge in [0, 0.05) is 113 Å². The Morgan fingerprint density at radius 2 is 1.00 bits per heavy atom. The fraction of sp³-hybridized carbons (Fsp3) is 0. The average Bonchev–Trinajstić information content (AvgIpc) is 0. The van der Waals surface area contributed by atoms with Crippen molar-refractivity contribution in [2.45, 2.75) is 0 Å². The molecule has 0 spiro atoms. The smallest absolute Gasteiger partial charge is 0 e. The van der Waals surface area contributed by atoms with Crippen LogP contribution in [0, 0.1) is 0 Å². The number of rotatable bonds is 0. The van der Waals surface area contributed by atoms with Gasteiger partial charge < -0.3 is 0 Å². The Balaban J connectivity index is 0. The second-order valence-electron chi connectivity index (χ2n) is 0. The van der Waals surface area contributed by atoms with E-state index in [1.54, 1.807) is 0 Å². The van der Waals surface area contributed by atoms with Crippen LogP contribution in [0.25, 0.3) is 0 Å². The Hall–Kier alpha value is 3.73. The molecule has 0 rings (SSSR count). The third kappa shape index (κ3) is 18.2. The van der Waals surface area contributed by atoms with Crippen molar-refractivity contribution in [3.05, 3.63) is 0 Å². The molecule has 0 saturated heterocycles. The predicted molar refractivity (Wildman–Crippen MR) is 0 cm³/mol. The summed E-state index contributed by atoms with van der Waals surface area (Å²) in [5, 5.41) is 0. The number of hydrogen-bond acceptors (Lipinski definition) is 0. The van der Waals surface area contributed by atoms with Crippen LogP contribution >= 0.6 is 0 Å². The maximum atomic E-state index is 0. The van der Waals surface area contributed by atoms with E-state index in [2.05, 4.69) is 0 Å². The van der Waals surface area contributed by atoms with Crippen LogP contribution in [0.1, 0.15) is 0 Å². The Labute approximate surface area is 110 Å². The molecule has 0 heterocycles. The fourth-order valence-electron chi connectivity index (χ4n) is 0. The first-order valence-electron chi connectivity index (χ1n) is 0. The molecule has 0 amide bonds. The maximum absolute atomic E-state index is 0. The van der Waals surface area contributed by atoms with Crippen LogP contribution in [-0.2, 0) is 113 Å². The van der Waals surface area contributed by atoms with E-state index in [-0.39, 0.29) is 113 Å². The second-order valence-corrected chi connectivity index (χ2v) is 0. The van der Waals surface area contributed by atoms with Crippen molar-refractivity contribution >= 4 is 0 Å². The first-order chi connectivity index (χ1) is 0. The standard InChI is InChI=1S/Hf.Mo.Nb.Ta.W. The minimum absolute atomic E-state index is 0. The van der Waals surface area contributed by atoms with Crippen molar-refractivity contribution in [1.29, 1.82) is 0 Å². The van der Waals surface area contributed by atoms with Gasteiger partial charge in [0.1, 0.15) is 0 Å². The summed E-state index contributed by atoms with van der Waals surface area (Å²) in [4.78, 5) is 0. The van der Waals surface area contributed by atoms with E-state index < -0.39 is 0 Å². The van der Waals surface area contributed by atoms with Gasteiger partial charge in [0.25, 0.3) is 0 Å². The molecular weight excluding hydrogens is 732 g/mol. The van der Waals surface area contributed by atoms with Gasteiger partial charge in [-0.3, -0.25) is 0 Å². The molecule has 0 N–H and O–H groups in total. The molecule has 26 valence electrons. The van der Waals surface area contributed by atoms with Gasteiger partial charge in [-0.15, -0.1) is 0 Å². The molecule has 0 saturated carbocycles. The van der Waals surface area contributed by atoms with Crippen molar-refractivity contribution < 1.29 is 113 Å². The molecule has 0 aromatic carbocycles. The first-order valence-corrected chi connectivity index (χ1v) is 0. The monoisotopic (exact) mass is 736 g/mol. The average molecular weight is 732 g/mol. The van der Waals surface area contributed by atoms with E-state index in [1.807, 2.05) is 0 Å². The molecule has 0 aliphatic carbocycles. The van der Waals surface area contributed by atoms with Crippen molar-refractivity contribution in [2.75, 3.05) is 0 Å². The molecule has 0 bridgehead atoms. The van der Waals surface area contributed by atoms with Crippen molar-refractivity contribution in [2.24, 2.45) is 0 Å². The molecule has 0 unspecified atom stereocenters. The van der Waals surface area contributed by atoms with Gasteiger partial charge in [-0.25, -0.2) is 0 Å². The molecule has 5 heteroatoms. The number of hydrogen-bond donors (Lipinski definition) is 0. The van der Waals surface area contributed by atoms with Crippen LogP contribution in [0.5, 0.6) is 0 Å². The molecule has 2 radical (unpaired) electrons. The van der Waals surface area contributed by atoms with Gasteiger partial charge in [0.15, 0.2) is 0 Å². The maximum Gasteiger partial charge on any atom is 0 e. The van der Waals surface area contributed by atoms with E-state index >= 15 is 0 Å². The molecular formula is HfMoNbTaW. The Morgan fingerprint density at radius 3 is 1.00 bits per heavy atom. The van der Waals surface area contributed by atoms with E-state index in [1.165, 1.54) is 0 Å². The summed E-state index contributed by atoms with van der Waals surface area (Å²) >= 11 is 0. The molecule has 0 atom stereocenters. The molecule has 0 aliphatic rings. The van der Waals surface area contributed by atoms with Crippen LogP contribution < -0.4 is 0 Å². The SMILES string of the molecule is [Hf].[Mo].[Nb].[Ta].[W]. The first kappa shape index (κ1) is 37.5. The summed E-state index contributed by atoms with van der Waals surface area (Å²) in [6, 6.07) is 0. The van der Waals surface area contributed by atoms with E-state index in [0.717, 1.165) is 0 Å². The van der Waals surface area contributed by atoms with Gasteiger partial charge in [-0.05, 0) is 0 Å². The van der Waals surface area contributed by atoms with Gasteiger partial charge in [0.2, 0.25) is 0 Å². The van der Waals surface area contributed by atoms with Crippen molar-refractivity contribution in [3.63, 3.8) is 0 Å². The van der Waals surface area contributed by atoms with E-state index in [0.29, 0.717) is 0 Å². The molecule has 0 aromatic rings. The molecule has 5 heavy (non-hydrogen) atoms. The zero-order valence-electron chi connectivity index (χ0n) is 2.21. The van der Waals surface area contributed by atoms with Crippen LogP contribution in [0.15, 0.2) is 0 Å². The Kier molecular flexibility index (Phi) is 189. The largest absolute Gasteiger partial charge is 0 e. The Morgan fingerprint density at radius 1 is 1.00 bits per heavy atom. The molecule has 0 fully saturated rings. The minimum Gasteiger partial charge on any atom is 0 e. The molecule has 0 aliphatic heterocycles. The van der Waals surface area contributed by atoms with Gasteiger partial charge >= 0.3 is 0 Å². The van der Waals surface area contributed by atoms with Gasteiger partial charge in [-0.2, -0.15) is 0 Å². The van der Waals surface area contributed by atoms with Crippen molar-refractivity contribution in [3.8, 4) is 0 Å². The molecule has 0 aromatic heterocycles. The summed E-state index contributed by atoms with van der Waals surface area (Å²) in [6.45, 7) is 0. The van der Waals surface area contributed by atoms with E-state index in [4.69, 9.17) is 0 Å². The van der Waals surface area contributed by atoms with Crippen LogP contribution in [0.2, 0.25) is 0 Å². The van der Waals surface area contributed by atoms with E-state index in [9.17, 15) is 0 Å². The zero-order valence-corrected chi connectivity index (χ0v) is 16.2. The van der Waals surface area contributed by atoms with Crippen LogP contribution in [0.3, 0.4) is 0 Å². The third-order valence-corrected chi connectivity index (χ3v) is 0. The van der Waals surface area contributed by atoms with Gasteiger partial charge in [0.05, 0.1) is 0 Å². The van der Waals surface area contributed by atoms with Gasteiger partial charge in [-0.1, -0.05) is 0 Å². The second kappa shape index (κ2) is 25.2. The summed E-state index contributed by atoms with van der Waals surface area (Å²) in [5.41, 5.74) is 0. The van der Waals surface area contributed by atoms with Crippen LogP contribution in [0.4, 0.5) is 0 Å². The fourth-order valence-corrected chi connectivity index (χ4v) is 0. The quantitative estimate of drug-likeness (QED) is 0.308. The summed E-state index contributed by atoms with van der Waals surface area (Å²) in [7, 11) is 0. The summed E-state index contributed by atoms with van der Waals surface area (Å²) < 4.78 is 0. The molecule has 0 nitrogen and oxygen atoms in total.